The number of nitrogens with one attached hydrogen (secondary N) is 1. The fraction of sp³-hybridized carbons (Fsp3) is 0.208. The minimum Gasteiger partial charge on any atom is -0.494 e. The monoisotopic (exact) mass is 416 g/mol. The van der Waals surface area contributed by atoms with Gasteiger partial charge in [0, 0.05) is 17.0 Å². The van der Waals surface area contributed by atoms with E-state index in [1.807, 2.05) is 51.1 Å². The second-order valence-corrected chi connectivity index (χ2v) is 7.15. The largest absolute Gasteiger partial charge is 0.494 e. The number of ether oxygens (including phenoxy) is 2. The number of carbonyl (C=O) groups excluding carboxylic acids is 1. The Hall–Kier alpha value is -3.87. The van der Waals surface area contributed by atoms with Crippen molar-refractivity contribution in [3.8, 4) is 17.3 Å². The lowest BCUT2D eigenvalue weighted by Crippen LogP contribution is -2.15. The first-order chi connectivity index (χ1) is 15.0. The number of pyridine rings is 1. The van der Waals surface area contributed by atoms with Gasteiger partial charge in [0.1, 0.15) is 22.8 Å². The van der Waals surface area contributed by atoms with Crippen LogP contribution in [0.5, 0.6) is 11.5 Å². The minimum atomic E-state index is -0.237. The molecule has 2 aromatic carbocycles. The van der Waals surface area contributed by atoms with Gasteiger partial charge in [0.2, 0.25) is 0 Å². The summed E-state index contributed by atoms with van der Waals surface area (Å²) in [6, 6.07) is 16.6. The first kappa shape index (κ1) is 20.4. The fourth-order valence-electron chi connectivity index (χ4n) is 3.47. The molecule has 0 radical (unpaired) electrons. The molecule has 0 bridgehead atoms. The summed E-state index contributed by atoms with van der Waals surface area (Å²) >= 11 is 0. The van der Waals surface area contributed by atoms with Gasteiger partial charge in [-0.15, -0.1) is 0 Å². The number of methoxy groups -OCH3 is 1. The van der Waals surface area contributed by atoms with Crippen LogP contribution in [-0.2, 0) is 0 Å². The van der Waals surface area contributed by atoms with E-state index >= 15 is 0 Å². The van der Waals surface area contributed by atoms with Crippen molar-refractivity contribution < 1.29 is 14.3 Å². The zero-order valence-electron chi connectivity index (χ0n) is 18.0. The van der Waals surface area contributed by atoms with E-state index < -0.39 is 0 Å². The van der Waals surface area contributed by atoms with Gasteiger partial charge in [-0.1, -0.05) is 12.1 Å². The van der Waals surface area contributed by atoms with E-state index in [1.165, 1.54) is 0 Å². The van der Waals surface area contributed by atoms with Crippen LogP contribution in [0.4, 0.5) is 5.82 Å². The van der Waals surface area contributed by atoms with Crippen LogP contribution in [0.15, 0.2) is 54.6 Å². The quantitative estimate of drug-likeness (QED) is 0.493. The maximum Gasteiger partial charge on any atom is 0.256 e. The number of amides is 1. The lowest BCUT2D eigenvalue weighted by atomic mass is 10.1. The number of rotatable bonds is 6. The Morgan fingerprint density at radius 2 is 1.87 bits per heavy atom. The highest BCUT2D eigenvalue weighted by atomic mass is 16.5. The Morgan fingerprint density at radius 3 is 2.58 bits per heavy atom. The Bertz CT molecular complexity index is 1250. The second kappa shape index (κ2) is 8.47. The van der Waals surface area contributed by atoms with Crippen LogP contribution in [0.1, 0.15) is 28.5 Å². The molecule has 4 rings (SSSR count). The van der Waals surface area contributed by atoms with E-state index in [9.17, 15) is 4.79 Å². The number of aromatic nitrogens is 3. The molecule has 4 aromatic rings. The molecule has 0 aliphatic carbocycles. The number of nitrogens with zero attached hydrogens (tertiary/aromatic N) is 3. The van der Waals surface area contributed by atoms with Crippen LogP contribution >= 0.6 is 0 Å². The number of hydrogen-bond acceptors (Lipinski definition) is 5. The van der Waals surface area contributed by atoms with Crippen LogP contribution in [0.25, 0.3) is 16.7 Å². The molecule has 158 valence electrons. The number of fused-ring (bicyclic) bond motifs is 1. The van der Waals surface area contributed by atoms with Gasteiger partial charge >= 0.3 is 0 Å². The average Bonchev–Trinajstić information content (AvgIpc) is 3.14. The van der Waals surface area contributed by atoms with Gasteiger partial charge in [-0.2, -0.15) is 9.78 Å². The molecule has 7 heteroatoms. The molecule has 2 heterocycles. The van der Waals surface area contributed by atoms with Gasteiger partial charge < -0.3 is 14.8 Å². The van der Waals surface area contributed by atoms with E-state index in [0.29, 0.717) is 29.6 Å². The predicted molar refractivity (Wildman–Crippen MR) is 120 cm³/mol. The lowest BCUT2D eigenvalue weighted by Gasteiger charge is -2.12. The lowest BCUT2D eigenvalue weighted by molar-refractivity contribution is 0.102. The topological polar surface area (TPSA) is 78.3 Å². The molecule has 0 fully saturated rings. The van der Waals surface area contributed by atoms with Crippen molar-refractivity contribution in [3.63, 3.8) is 0 Å². The Morgan fingerprint density at radius 1 is 1.10 bits per heavy atom. The molecule has 7 nitrogen and oxygen atoms in total. The molecule has 0 aliphatic rings. The number of anilines is 1. The van der Waals surface area contributed by atoms with E-state index in [2.05, 4.69) is 10.4 Å². The number of benzene rings is 2. The summed E-state index contributed by atoms with van der Waals surface area (Å²) in [7, 11) is 1.62. The van der Waals surface area contributed by atoms with Crippen molar-refractivity contribution in [2.45, 2.75) is 20.8 Å². The summed E-state index contributed by atoms with van der Waals surface area (Å²) in [4.78, 5) is 17.6. The molecule has 0 aliphatic heterocycles. The third kappa shape index (κ3) is 4.07. The van der Waals surface area contributed by atoms with E-state index in [-0.39, 0.29) is 5.91 Å². The average molecular weight is 416 g/mol. The summed E-state index contributed by atoms with van der Waals surface area (Å²) in [5.41, 5.74) is 3.08. The Balaban J connectivity index is 1.70. The molecule has 1 amide bonds. The molecule has 2 aromatic heterocycles. The van der Waals surface area contributed by atoms with Crippen molar-refractivity contribution in [1.82, 2.24) is 14.8 Å². The van der Waals surface area contributed by atoms with Crippen LogP contribution in [0.3, 0.4) is 0 Å². The molecule has 31 heavy (non-hydrogen) atoms. The zero-order valence-corrected chi connectivity index (χ0v) is 18.0. The maximum absolute atomic E-state index is 12.8. The van der Waals surface area contributed by atoms with Crippen LogP contribution < -0.4 is 14.8 Å². The van der Waals surface area contributed by atoms with Crippen molar-refractivity contribution in [1.29, 1.82) is 0 Å². The van der Waals surface area contributed by atoms with Crippen molar-refractivity contribution in [2.24, 2.45) is 0 Å². The van der Waals surface area contributed by atoms with Gasteiger partial charge in [0.15, 0.2) is 5.82 Å². The normalized spacial score (nSPS) is 10.8. The number of aryl methyl sites for hydroxylation is 2. The molecule has 0 unspecified atom stereocenters. The first-order valence-corrected chi connectivity index (χ1v) is 10.1. The van der Waals surface area contributed by atoms with Gasteiger partial charge in [0.05, 0.1) is 19.4 Å². The van der Waals surface area contributed by atoms with Gasteiger partial charge in [-0.25, -0.2) is 4.98 Å². The van der Waals surface area contributed by atoms with Crippen molar-refractivity contribution in [3.05, 3.63) is 71.4 Å². The van der Waals surface area contributed by atoms with Gasteiger partial charge in [-0.05, 0) is 62.7 Å². The van der Waals surface area contributed by atoms with Gasteiger partial charge in [0.25, 0.3) is 5.91 Å². The molecule has 0 atom stereocenters. The van der Waals surface area contributed by atoms with Crippen LogP contribution in [0.2, 0.25) is 0 Å². The van der Waals surface area contributed by atoms with Crippen molar-refractivity contribution >= 4 is 22.6 Å². The summed E-state index contributed by atoms with van der Waals surface area (Å²) in [5, 5.41) is 8.50. The predicted octanol–water partition coefficient (Wildman–Crippen LogP) is 4.70. The van der Waals surface area contributed by atoms with Gasteiger partial charge in [-0.3, -0.25) is 4.79 Å². The second-order valence-electron chi connectivity index (χ2n) is 7.15. The summed E-state index contributed by atoms with van der Waals surface area (Å²) in [6.07, 6.45) is 0. The van der Waals surface area contributed by atoms with Crippen molar-refractivity contribution in [2.75, 3.05) is 19.0 Å². The SMILES string of the molecule is CCOc1ccc(C(=O)Nc2cc(C)nn2-c2cc(C)c3cccc(OC)c3n2)cc1. The fourth-order valence-corrected chi connectivity index (χ4v) is 3.47. The highest BCUT2D eigenvalue weighted by Crippen LogP contribution is 2.28. The molecule has 0 saturated heterocycles. The third-order valence-electron chi connectivity index (χ3n) is 4.93. The first-order valence-electron chi connectivity index (χ1n) is 10.1. The highest BCUT2D eigenvalue weighted by molar-refractivity contribution is 6.04. The molecular weight excluding hydrogens is 392 g/mol. The summed E-state index contributed by atoms with van der Waals surface area (Å²) < 4.78 is 12.6. The molecular formula is C24H24N4O3. The summed E-state index contributed by atoms with van der Waals surface area (Å²) in [5.74, 6) is 2.32. The zero-order chi connectivity index (χ0) is 22.0. The number of carbonyl (C=O) groups is 1. The Labute approximate surface area is 180 Å². The smallest absolute Gasteiger partial charge is 0.256 e. The van der Waals surface area contributed by atoms with E-state index in [4.69, 9.17) is 14.5 Å². The molecule has 1 N–H and O–H groups in total. The number of hydrogen-bond donors (Lipinski definition) is 1. The molecule has 0 spiro atoms. The van der Waals surface area contributed by atoms with Crippen LogP contribution in [0, 0.1) is 13.8 Å². The maximum atomic E-state index is 12.8. The summed E-state index contributed by atoms with van der Waals surface area (Å²) in [6.45, 7) is 6.38. The molecule has 0 saturated carbocycles. The highest BCUT2D eigenvalue weighted by Gasteiger charge is 2.16. The third-order valence-corrected chi connectivity index (χ3v) is 4.93. The Kier molecular flexibility index (Phi) is 5.58. The standard InChI is InChI=1S/C24H24N4O3/c1-5-31-18-11-9-17(10-12-18)24(29)26-22-14-16(3)27-28(22)21-13-15(2)19-7-6-8-20(30-4)23(19)25-21/h6-14H,5H2,1-4H3,(H,26,29). The minimum absolute atomic E-state index is 0.237. The van der Waals surface area contributed by atoms with E-state index in [0.717, 1.165) is 27.9 Å². The van der Waals surface area contributed by atoms with Crippen LogP contribution in [-0.4, -0.2) is 34.4 Å². The number of para-hydroxylation sites is 1. The van der Waals surface area contributed by atoms with E-state index in [1.54, 1.807) is 36.1 Å².